The Labute approximate surface area is 61.7 Å². The van der Waals surface area contributed by atoms with E-state index >= 15 is 0 Å². The van der Waals surface area contributed by atoms with E-state index in [2.05, 4.69) is 12.0 Å². The van der Waals surface area contributed by atoms with Gasteiger partial charge in [0.1, 0.15) is 6.17 Å². The van der Waals surface area contributed by atoms with Crippen molar-refractivity contribution in [3.63, 3.8) is 0 Å². The summed E-state index contributed by atoms with van der Waals surface area (Å²) in [7, 11) is 0. The zero-order valence-electron chi connectivity index (χ0n) is 6.60. The molecule has 0 aromatic heterocycles. The highest BCUT2D eigenvalue weighted by molar-refractivity contribution is 4.65. The Morgan fingerprint density at radius 2 is 2.40 bits per heavy atom. The van der Waals surface area contributed by atoms with E-state index in [-0.39, 0.29) is 0 Å². The van der Waals surface area contributed by atoms with Crippen molar-refractivity contribution < 1.29 is 4.39 Å². The van der Waals surface area contributed by atoms with E-state index in [4.69, 9.17) is 0 Å². The molecule has 0 aromatic rings. The highest BCUT2D eigenvalue weighted by Gasteiger charge is 1.98. The molecule has 10 heavy (non-hydrogen) atoms. The maximum Gasteiger partial charge on any atom is 0.112 e. The molecule has 1 atom stereocenters. The largest absolute Gasteiger partial charge is 0.316 e. The van der Waals surface area contributed by atoms with Crippen LogP contribution in [0.4, 0.5) is 4.39 Å². The first-order chi connectivity index (χ1) is 4.70. The number of hydrogen-bond donors (Lipinski definition) is 1. The van der Waals surface area contributed by atoms with Crippen LogP contribution < -0.4 is 5.43 Å². The lowest BCUT2D eigenvalue weighted by Gasteiger charge is -2.18. The number of alkyl halides is 1. The molecule has 0 bridgehead atoms. The second-order valence-electron chi connectivity index (χ2n) is 2.11. The molecular formula is C7H15FN2. The van der Waals surface area contributed by atoms with E-state index in [0.717, 1.165) is 6.54 Å². The van der Waals surface area contributed by atoms with Gasteiger partial charge in [-0.15, -0.1) is 0 Å². The molecule has 2 nitrogen and oxygen atoms in total. The molecule has 0 saturated heterocycles. The molecule has 60 valence electrons. The molecule has 0 amide bonds. The minimum Gasteiger partial charge on any atom is -0.316 e. The monoisotopic (exact) mass is 146 g/mol. The second kappa shape index (κ2) is 5.23. The molecule has 0 heterocycles. The first-order valence-electron chi connectivity index (χ1n) is 3.47. The molecule has 0 rings (SSSR count). The van der Waals surface area contributed by atoms with Gasteiger partial charge in [-0.25, -0.2) is 9.82 Å². The Morgan fingerprint density at radius 3 is 2.70 bits per heavy atom. The van der Waals surface area contributed by atoms with Gasteiger partial charge in [0, 0.05) is 19.3 Å². The summed E-state index contributed by atoms with van der Waals surface area (Å²) in [4.78, 5) is 0. The second-order valence-corrected chi connectivity index (χ2v) is 2.11. The van der Waals surface area contributed by atoms with Gasteiger partial charge in [-0.1, -0.05) is 6.58 Å². The summed E-state index contributed by atoms with van der Waals surface area (Å²) in [6, 6.07) is 0. The fraction of sp³-hybridized carbons (Fsp3) is 0.714. The van der Waals surface area contributed by atoms with Gasteiger partial charge in [0.05, 0.1) is 0 Å². The zero-order valence-corrected chi connectivity index (χ0v) is 6.60. The summed E-state index contributed by atoms with van der Waals surface area (Å²) in [6.45, 7) is 8.19. The van der Waals surface area contributed by atoms with E-state index in [9.17, 15) is 4.39 Å². The third-order valence-electron chi connectivity index (χ3n) is 1.14. The van der Waals surface area contributed by atoms with Crippen molar-refractivity contribution in [3.8, 4) is 0 Å². The summed E-state index contributed by atoms with van der Waals surface area (Å²) in [5.41, 5.74) is 2.86. The summed E-state index contributed by atoms with van der Waals surface area (Å²) < 4.78 is 12.2. The lowest BCUT2D eigenvalue weighted by atomic mass is 10.4. The molecule has 0 saturated carbocycles. The number of hydrazine groups is 1. The highest BCUT2D eigenvalue weighted by atomic mass is 19.1. The van der Waals surface area contributed by atoms with Crippen LogP contribution in [0.2, 0.25) is 0 Å². The van der Waals surface area contributed by atoms with Crippen LogP contribution >= 0.6 is 0 Å². The van der Waals surface area contributed by atoms with Gasteiger partial charge >= 0.3 is 0 Å². The van der Waals surface area contributed by atoms with Crippen molar-refractivity contribution in [3.05, 3.63) is 12.8 Å². The van der Waals surface area contributed by atoms with Crippen LogP contribution in [0.3, 0.4) is 0 Å². The van der Waals surface area contributed by atoms with Gasteiger partial charge in [0.25, 0.3) is 0 Å². The summed E-state index contributed by atoms with van der Waals surface area (Å²) >= 11 is 0. The SMILES string of the molecule is C=CN(CC)NCC(C)F. The Balaban J connectivity index is 3.34. The maximum atomic E-state index is 12.2. The number of nitrogens with zero attached hydrogens (tertiary/aromatic N) is 1. The van der Waals surface area contributed by atoms with E-state index in [1.807, 2.05) is 6.92 Å². The molecule has 1 N–H and O–H groups in total. The van der Waals surface area contributed by atoms with Gasteiger partial charge < -0.3 is 5.01 Å². The standard InChI is InChI=1S/C7H15FN2/c1-4-10(5-2)9-6-7(3)8/h4,7,9H,1,5-6H2,2-3H3. The fourth-order valence-corrected chi connectivity index (χ4v) is 0.548. The summed E-state index contributed by atoms with van der Waals surface area (Å²) in [6.07, 6.45) is 0.830. The fourth-order valence-electron chi connectivity index (χ4n) is 0.548. The number of nitrogens with one attached hydrogen (secondary N) is 1. The van der Waals surface area contributed by atoms with Crippen LogP contribution in [0.15, 0.2) is 12.8 Å². The first-order valence-corrected chi connectivity index (χ1v) is 3.47. The summed E-state index contributed by atoms with van der Waals surface area (Å²) in [5, 5.41) is 1.75. The number of halogens is 1. The molecule has 1 unspecified atom stereocenters. The molecule has 0 aliphatic rings. The van der Waals surface area contributed by atoms with Gasteiger partial charge in [-0.2, -0.15) is 0 Å². The lowest BCUT2D eigenvalue weighted by Crippen LogP contribution is -2.36. The average Bonchev–Trinajstić information content (AvgIpc) is 1.90. The van der Waals surface area contributed by atoms with Gasteiger partial charge in [-0.3, -0.25) is 0 Å². The number of hydrogen-bond acceptors (Lipinski definition) is 2. The van der Waals surface area contributed by atoms with Crippen LogP contribution in [-0.2, 0) is 0 Å². The van der Waals surface area contributed by atoms with Gasteiger partial charge in [-0.05, 0) is 13.8 Å². The van der Waals surface area contributed by atoms with Crippen molar-refractivity contribution >= 4 is 0 Å². The van der Waals surface area contributed by atoms with Crippen LogP contribution in [0.5, 0.6) is 0 Å². The molecule has 0 spiro atoms. The Kier molecular flexibility index (Phi) is 4.94. The van der Waals surface area contributed by atoms with Crippen molar-refractivity contribution in [1.29, 1.82) is 0 Å². The van der Waals surface area contributed by atoms with Crippen LogP contribution in [0.25, 0.3) is 0 Å². The average molecular weight is 146 g/mol. The van der Waals surface area contributed by atoms with Crippen molar-refractivity contribution in [2.75, 3.05) is 13.1 Å². The molecule has 3 heteroatoms. The minimum atomic E-state index is -0.811. The quantitative estimate of drug-likeness (QED) is 0.588. The Hall–Kier alpha value is -0.570. The molecule has 0 fully saturated rings. The normalized spacial score (nSPS) is 12.7. The predicted molar refractivity (Wildman–Crippen MR) is 41.1 cm³/mol. The minimum absolute atomic E-state index is 0.347. The van der Waals surface area contributed by atoms with E-state index in [1.54, 1.807) is 11.2 Å². The molecular weight excluding hydrogens is 131 g/mol. The summed E-state index contributed by atoms with van der Waals surface area (Å²) in [5.74, 6) is 0. The zero-order chi connectivity index (χ0) is 7.98. The van der Waals surface area contributed by atoms with Crippen molar-refractivity contribution in [2.24, 2.45) is 0 Å². The highest BCUT2D eigenvalue weighted by Crippen LogP contribution is 1.86. The van der Waals surface area contributed by atoms with E-state index < -0.39 is 6.17 Å². The smallest absolute Gasteiger partial charge is 0.112 e. The van der Waals surface area contributed by atoms with Crippen LogP contribution in [0, 0.1) is 0 Å². The number of rotatable bonds is 5. The Bertz CT molecular complexity index is 93.6. The molecule has 0 aliphatic heterocycles. The molecule has 0 aromatic carbocycles. The van der Waals surface area contributed by atoms with Crippen molar-refractivity contribution in [1.82, 2.24) is 10.4 Å². The first kappa shape index (κ1) is 9.43. The molecule has 0 radical (unpaired) electrons. The maximum absolute atomic E-state index is 12.2. The van der Waals surface area contributed by atoms with E-state index in [0.29, 0.717) is 6.54 Å². The lowest BCUT2D eigenvalue weighted by molar-refractivity contribution is 0.233. The third-order valence-corrected chi connectivity index (χ3v) is 1.14. The van der Waals surface area contributed by atoms with Crippen molar-refractivity contribution in [2.45, 2.75) is 20.0 Å². The third kappa shape index (κ3) is 4.32. The van der Waals surface area contributed by atoms with Gasteiger partial charge in [0.15, 0.2) is 0 Å². The Morgan fingerprint density at radius 1 is 1.80 bits per heavy atom. The topological polar surface area (TPSA) is 15.3 Å². The van der Waals surface area contributed by atoms with Crippen LogP contribution in [-0.4, -0.2) is 24.3 Å². The predicted octanol–water partition coefficient (Wildman–Crippen LogP) is 1.31. The van der Waals surface area contributed by atoms with E-state index in [1.165, 1.54) is 6.92 Å². The van der Waals surface area contributed by atoms with Crippen LogP contribution in [0.1, 0.15) is 13.8 Å². The van der Waals surface area contributed by atoms with Gasteiger partial charge in [0.2, 0.25) is 0 Å². The molecule has 0 aliphatic carbocycles.